The Morgan fingerprint density at radius 3 is 1.45 bits per heavy atom. The van der Waals surface area contributed by atoms with E-state index in [4.69, 9.17) is 18.6 Å². The van der Waals surface area contributed by atoms with Crippen molar-refractivity contribution in [2.24, 2.45) is 7.05 Å². The van der Waals surface area contributed by atoms with Crippen molar-refractivity contribution in [2.75, 3.05) is 0 Å². The maximum Gasteiger partial charge on any atom is 0.512 e. The normalized spacial score (nSPS) is 24.6. The second-order valence-electron chi connectivity index (χ2n) is 10.6. The van der Waals surface area contributed by atoms with Crippen LogP contribution in [0.15, 0.2) is 18.2 Å². The molecule has 2 fully saturated rings. The first kappa shape index (κ1) is 21.0. The number of aromatic nitrogens is 1. The number of rotatable bonds is 2. The Bertz CT molecular complexity index is 945. The molecule has 0 unspecified atom stereocenters. The zero-order chi connectivity index (χ0) is 21.6. The number of nitrogens with zero attached hydrogens (tertiary/aromatic N) is 1. The van der Waals surface area contributed by atoms with Gasteiger partial charge in [-0.05, 0) is 73.1 Å². The van der Waals surface area contributed by atoms with Crippen LogP contribution >= 0.6 is 0 Å². The Morgan fingerprint density at radius 2 is 1.03 bits per heavy atom. The number of hydrogen-bond donors (Lipinski definition) is 0. The molecule has 1 aromatic heterocycles. The molecule has 3 heterocycles. The maximum atomic E-state index is 6.41. The molecule has 2 aromatic rings. The summed E-state index contributed by atoms with van der Waals surface area (Å²) in [7, 11) is 1.15. The zero-order valence-electron chi connectivity index (χ0n) is 19.5. The summed E-state index contributed by atoms with van der Waals surface area (Å²) in [5, 5.41) is 2.23. The van der Waals surface area contributed by atoms with Crippen LogP contribution in [0.4, 0.5) is 0 Å². The number of hydrogen-bond acceptors (Lipinski definition) is 4. The summed E-state index contributed by atoms with van der Waals surface area (Å²) in [4.78, 5) is 0. The molecule has 7 heteroatoms. The summed E-state index contributed by atoms with van der Waals surface area (Å²) in [5.41, 5.74) is 1.61. The fourth-order valence-electron chi connectivity index (χ4n) is 4.06. The Hall–Kier alpha value is -1.27. The average Bonchev–Trinajstić information content (AvgIpc) is 3.02. The van der Waals surface area contributed by atoms with Crippen LogP contribution in [0.25, 0.3) is 10.8 Å². The van der Waals surface area contributed by atoms with Crippen LogP contribution in [0.1, 0.15) is 61.0 Å². The van der Waals surface area contributed by atoms with Gasteiger partial charge in [-0.2, -0.15) is 0 Å². The number of benzene rings is 1. The Kier molecular flexibility index (Phi) is 4.43. The van der Waals surface area contributed by atoms with E-state index in [1.54, 1.807) is 0 Å². The van der Waals surface area contributed by atoms with E-state index in [9.17, 15) is 0 Å². The minimum atomic E-state index is -0.453. The summed E-state index contributed by atoms with van der Waals surface area (Å²) in [6, 6.07) is 6.48. The molecule has 2 aliphatic rings. The lowest BCUT2D eigenvalue weighted by Crippen LogP contribution is -2.46. The van der Waals surface area contributed by atoms with Crippen molar-refractivity contribution >= 4 is 36.2 Å². The van der Waals surface area contributed by atoms with Gasteiger partial charge in [0.25, 0.3) is 0 Å². The molecule has 0 atom stereocenters. The van der Waals surface area contributed by atoms with Gasteiger partial charge in [0.2, 0.25) is 0 Å². The lowest BCUT2D eigenvalue weighted by molar-refractivity contribution is 0.00578. The highest BCUT2D eigenvalue weighted by atomic mass is 16.7. The third-order valence-electron chi connectivity index (χ3n) is 7.40. The van der Waals surface area contributed by atoms with Gasteiger partial charge in [0, 0.05) is 7.05 Å². The summed E-state index contributed by atoms with van der Waals surface area (Å²) < 4.78 is 27.8. The summed E-state index contributed by atoms with van der Waals surface area (Å²) in [6.45, 7) is 18.8. The Morgan fingerprint density at radius 1 is 0.655 bits per heavy atom. The average molecular weight is 397 g/mol. The minimum Gasteiger partial charge on any atom is -0.398 e. The molecule has 1 aromatic carbocycles. The van der Waals surface area contributed by atoms with Crippen molar-refractivity contribution < 1.29 is 18.6 Å². The van der Waals surface area contributed by atoms with Crippen LogP contribution in [0.2, 0.25) is 0 Å². The molecule has 156 valence electrons. The molecule has 2 aliphatic heterocycles. The second-order valence-corrected chi connectivity index (χ2v) is 10.6. The second kappa shape index (κ2) is 6.13. The van der Waals surface area contributed by atoms with Gasteiger partial charge in [0.15, 0.2) is 0 Å². The largest absolute Gasteiger partial charge is 0.512 e. The first-order valence-corrected chi connectivity index (χ1v) is 10.5. The Balaban J connectivity index is 1.88. The molecular weight excluding hydrogens is 364 g/mol. The van der Waals surface area contributed by atoms with Gasteiger partial charge in [0.05, 0.1) is 33.6 Å². The lowest BCUT2D eigenvalue weighted by Gasteiger charge is -2.32. The predicted molar refractivity (Wildman–Crippen MR) is 119 cm³/mol. The van der Waals surface area contributed by atoms with Crippen molar-refractivity contribution in [3.8, 4) is 0 Å². The molecule has 0 amide bonds. The maximum absolute atomic E-state index is 6.41. The summed E-state index contributed by atoms with van der Waals surface area (Å²) in [5.74, 6) is 0. The van der Waals surface area contributed by atoms with Crippen molar-refractivity contribution in [1.82, 2.24) is 4.57 Å². The highest BCUT2D eigenvalue weighted by Gasteiger charge is 2.56. The SMILES string of the molecule is Cc1ccc2c(B3OC(C)(C)C(C)(C)O3)n(C)c(B3OC(C)(C)C(C)(C)O3)c2c1. The third kappa shape index (κ3) is 3.01. The van der Waals surface area contributed by atoms with Crippen molar-refractivity contribution in [3.05, 3.63) is 23.8 Å². The quantitative estimate of drug-likeness (QED) is 0.731. The van der Waals surface area contributed by atoms with Gasteiger partial charge < -0.3 is 23.2 Å². The Labute approximate surface area is 175 Å². The molecule has 0 spiro atoms. The predicted octanol–water partition coefficient (Wildman–Crippen LogP) is 3.09. The number of aryl methyl sites for hydroxylation is 1. The van der Waals surface area contributed by atoms with Gasteiger partial charge in [-0.25, -0.2) is 0 Å². The van der Waals surface area contributed by atoms with Gasteiger partial charge in [-0.3, -0.25) is 0 Å². The minimum absolute atomic E-state index is 0.399. The molecular formula is C22H33B2NO4. The first-order chi connectivity index (χ1) is 13.2. The third-order valence-corrected chi connectivity index (χ3v) is 7.40. The highest BCUT2D eigenvalue weighted by molar-refractivity contribution is 6.69. The van der Waals surface area contributed by atoms with Crippen molar-refractivity contribution in [1.29, 1.82) is 0 Å². The molecule has 2 saturated heterocycles. The van der Waals surface area contributed by atoms with Gasteiger partial charge >= 0.3 is 14.2 Å². The lowest BCUT2D eigenvalue weighted by atomic mass is 9.81. The fraction of sp³-hybridized carbons (Fsp3) is 0.636. The molecule has 4 rings (SSSR count). The van der Waals surface area contributed by atoms with E-state index in [-0.39, 0.29) is 0 Å². The molecule has 0 saturated carbocycles. The van der Waals surface area contributed by atoms with Crippen LogP contribution in [0, 0.1) is 6.92 Å². The highest BCUT2D eigenvalue weighted by Crippen LogP contribution is 2.39. The van der Waals surface area contributed by atoms with Gasteiger partial charge in [0.1, 0.15) is 0 Å². The standard InChI is InChI=1S/C22H33B2NO4/c1-14-11-12-15-16(13-14)18(24-28-21(6,7)22(8,9)29-24)25(10)17(15)23-26-19(2,3)20(4,5)27-23/h11-13H,1-10H3. The van der Waals surface area contributed by atoms with Gasteiger partial charge in [-0.15, -0.1) is 0 Å². The van der Waals surface area contributed by atoms with Gasteiger partial charge in [-0.1, -0.05) is 23.8 Å². The van der Waals surface area contributed by atoms with E-state index < -0.39 is 36.6 Å². The molecule has 0 radical (unpaired) electrons. The van der Waals surface area contributed by atoms with Crippen LogP contribution in [-0.4, -0.2) is 41.2 Å². The zero-order valence-corrected chi connectivity index (χ0v) is 19.5. The van der Waals surface area contributed by atoms with E-state index in [1.165, 1.54) is 5.56 Å². The van der Waals surface area contributed by atoms with E-state index in [0.29, 0.717) is 0 Å². The monoisotopic (exact) mass is 397 g/mol. The topological polar surface area (TPSA) is 41.9 Å². The van der Waals surface area contributed by atoms with Crippen molar-refractivity contribution in [2.45, 2.75) is 84.7 Å². The van der Waals surface area contributed by atoms with E-state index >= 15 is 0 Å². The van der Waals surface area contributed by atoms with Crippen LogP contribution in [0.5, 0.6) is 0 Å². The van der Waals surface area contributed by atoms with E-state index in [2.05, 4.69) is 92.1 Å². The van der Waals surface area contributed by atoms with E-state index in [1.807, 2.05) is 0 Å². The smallest absolute Gasteiger partial charge is 0.398 e. The summed E-state index contributed by atoms with van der Waals surface area (Å²) >= 11 is 0. The van der Waals surface area contributed by atoms with Crippen LogP contribution < -0.4 is 11.2 Å². The molecule has 29 heavy (non-hydrogen) atoms. The first-order valence-electron chi connectivity index (χ1n) is 10.5. The van der Waals surface area contributed by atoms with Crippen molar-refractivity contribution in [3.63, 3.8) is 0 Å². The van der Waals surface area contributed by atoms with E-state index in [0.717, 1.165) is 22.0 Å². The van der Waals surface area contributed by atoms with Crippen LogP contribution in [0.3, 0.4) is 0 Å². The number of fused-ring (bicyclic) bond motifs is 1. The molecule has 0 N–H and O–H groups in total. The summed E-state index contributed by atoms with van der Waals surface area (Å²) in [6.07, 6.45) is 0. The fourth-order valence-corrected chi connectivity index (χ4v) is 4.06. The molecule has 0 bridgehead atoms. The van der Waals surface area contributed by atoms with Crippen LogP contribution in [-0.2, 0) is 25.7 Å². The molecule has 5 nitrogen and oxygen atoms in total. The molecule has 0 aliphatic carbocycles.